The molecule has 1 saturated heterocycles. The fraction of sp³-hybridized carbons (Fsp3) is 0.400. The van der Waals surface area contributed by atoms with Gasteiger partial charge in [-0.1, -0.05) is 29.5 Å². The number of hydrogen-bond acceptors (Lipinski definition) is 5. The molecule has 1 unspecified atom stereocenters. The summed E-state index contributed by atoms with van der Waals surface area (Å²) in [5, 5.41) is 14.3. The lowest BCUT2D eigenvalue weighted by atomic mass is 9.94. The first-order chi connectivity index (χ1) is 16.2. The molecule has 0 saturated carbocycles. The molecule has 0 radical (unpaired) electrons. The molecular weight excluding hydrogens is 458 g/mol. The number of halogens is 1. The van der Waals surface area contributed by atoms with Gasteiger partial charge in [-0.3, -0.25) is 9.59 Å². The van der Waals surface area contributed by atoms with Gasteiger partial charge in [0.25, 0.3) is 5.91 Å². The van der Waals surface area contributed by atoms with E-state index in [1.165, 1.54) is 16.9 Å². The second kappa shape index (κ2) is 10.4. The Balaban J connectivity index is 2.17. The molecule has 1 atom stereocenters. The molecule has 1 fully saturated rings. The number of ketones is 1. The number of likely N-dealkylation sites (N-methyl/N-ethyl adjacent to an activating group) is 1. The molecular formula is C25H30ClN3O5. The Morgan fingerprint density at radius 2 is 1.79 bits per heavy atom. The number of quaternary nitrogens is 1. The maximum atomic E-state index is 13.8. The number of nitrogens with one attached hydrogen (secondary N) is 2. The number of aromatic amines is 1. The SMILES string of the molecule is CC[NH+](CC)CCN1C(=O)C(=O)/C(=C(/[O-])c2c(C)[nH]c(C(=O)OC)c2C)C1c1ccc(Cl)cc1. The third-order valence-corrected chi connectivity index (χ3v) is 6.73. The quantitative estimate of drug-likeness (QED) is 0.252. The lowest BCUT2D eigenvalue weighted by Crippen LogP contribution is -3.12. The Labute approximate surface area is 204 Å². The third kappa shape index (κ3) is 4.60. The normalized spacial score (nSPS) is 17.6. The van der Waals surface area contributed by atoms with Crippen LogP contribution in [0.1, 0.15) is 52.8 Å². The van der Waals surface area contributed by atoms with Crippen molar-refractivity contribution in [1.29, 1.82) is 0 Å². The van der Waals surface area contributed by atoms with Crippen molar-refractivity contribution in [3.63, 3.8) is 0 Å². The third-order valence-electron chi connectivity index (χ3n) is 6.48. The highest BCUT2D eigenvalue weighted by atomic mass is 35.5. The van der Waals surface area contributed by atoms with Gasteiger partial charge in [0.15, 0.2) is 0 Å². The number of Topliss-reactive ketones (excluding diaryl/α,β-unsaturated/α-hetero) is 1. The number of hydrogen-bond donors (Lipinski definition) is 2. The van der Waals surface area contributed by atoms with Crippen LogP contribution < -0.4 is 10.0 Å². The highest BCUT2D eigenvalue weighted by Gasteiger charge is 2.44. The van der Waals surface area contributed by atoms with Crippen molar-refractivity contribution in [2.75, 3.05) is 33.3 Å². The zero-order valence-electron chi connectivity index (χ0n) is 20.1. The predicted molar refractivity (Wildman–Crippen MR) is 126 cm³/mol. The van der Waals surface area contributed by atoms with E-state index in [1.807, 2.05) is 0 Å². The summed E-state index contributed by atoms with van der Waals surface area (Å²) in [7, 11) is 1.25. The van der Waals surface area contributed by atoms with E-state index in [0.717, 1.165) is 13.1 Å². The maximum absolute atomic E-state index is 13.8. The lowest BCUT2D eigenvalue weighted by molar-refractivity contribution is -0.895. The van der Waals surface area contributed by atoms with Gasteiger partial charge in [-0.25, -0.2) is 4.79 Å². The van der Waals surface area contributed by atoms with Crippen molar-refractivity contribution in [3.8, 4) is 0 Å². The number of aromatic nitrogens is 1. The summed E-state index contributed by atoms with van der Waals surface area (Å²) >= 11 is 6.06. The van der Waals surface area contributed by atoms with Crippen LogP contribution in [0.4, 0.5) is 0 Å². The summed E-state index contributed by atoms with van der Waals surface area (Å²) in [6.45, 7) is 10.1. The number of benzene rings is 1. The number of H-pyrrole nitrogens is 1. The molecule has 9 heteroatoms. The van der Waals surface area contributed by atoms with E-state index in [1.54, 1.807) is 38.1 Å². The molecule has 2 N–H and O–H groups in total. The Hall–Kier alpha value is -3.10. The summed E-state index contributed by atoms with van der Waals surface area (Å²) in [4.78, 5) is 44.1. The molecule has 1 aromatic carbocycles. The number of aryl methyl sites for hydroxylation is 1. The first kappa shape index (κ1) is 25.5. The topological polar surface area (TPSA) is 107 Å². The first-order valence-corrected chi connectivity index (χ1v) is 11.7. The van der Waals surface area contributed by atoms with Crippen molar-refractivity contribution >= 4 is 35.0 Å². The van der Waals surface area contributed by atoms with E-state index < -0.39 is 29.5 Å². The van der Waals surface area contributed by atoms with E-state index in [0.29, 0.717) is 34.9 Å². The van der Waals surface area contributed by atoms with Gasteiger partial charge >= 0.3 is 5.97 Å². The van der Waals surface area contributed by atoms with Crippen molar-refractivity contribution in [3.05, 3.63) is 62.9 Å². The first-order valence-electron chi connectivity index (χ1n) is 11.3. The average molecular weight is 488 g/mol. The van der Waals surface area contributed by atoms with Gasteiger partial charge < -0.3 is 24.6 Å². The van der Waals surface area contributed by atoms with E-state index in [2.05, 4.69) is 18.8 Å². The smallest absolute Gasteiger partial charge is 0.354 e. The lowest BCUT2D eigenvalue weighted by Gasteiger charge is -2.28. The predicted octanol–water partition coefficient (Wildman–Crippen LogP) is 1.22. The van der Waals surface area contributed by atoms with Crippen molar-refractivity contribution < 1.29 is 29.1 Å². The van der Waals surface area contributed by atoms with E-state index in [9.17, 15) is 19.5 Å². The minimum atomic E-state index is -0.838. The van der Waals surface area contributed by atoms with Gasteiger partial charge in [0.1, 0.15) is 5.69 Å². The molecule has 1 aliphatic rings. The summed E-state index contributed by atoms with van der Waals surface area (Å²) in [6.07, 6.45) is 0. The Morgan fingerprint density at radius 1 is 1.18 bits per heavy atom. The standard InChI is InChI=1S/C25H30ClN3O5/c1-6-28(7-2)12-13-29-21(16-8-10-17(26)11-9-16)19(23(31)24(29)32)22(30)18-14(3)20(25(33)34-5)27-15(18)4/h8-11,21,27,30H,6-7,12-13H2,1-5H3/b22-19+. The molecule has 0 aliphatic carbocycles. The second-order valence-corrected chi connectivity index (χ2v) is 8.78. The monoisotopic (exact) mass is 487 g/mol. The van der Waals surface area contributed by atoms with E-state index >= 15 is 0 Å². The van der Waals surface area contributed by atoms with Crippen LogP contribution in [0.2, 0.25) is 5.02 Å². The van der Waals surface area contributed by atoms with Crippen LogP contribution in [0.5, 0.6) is 0 Å². The minimum Gasteiger partial charge on any atom is -0.872 e. The van der Waals surface area contributed by atoms with Crippen molar-refractivity contribution in [2.45, 2.75) is 33.7 Å². The summed E-state index contributed by atoms with van der Waals surface area (Å²) in [6, 6.07) is 5.94. The van der Waals surface area contributed by atoms with Crippen LogP contribution in [-0.2, 0) is 14.3 Å². The molecule has 34 heavy (non-hydrogen) atoms. The van der Waals surface area contributed by atoms with E-state index in [-0.39, 0.29) is 16.8 Å². The Morgan fingerprint density at radius 3 is 2.35 bits per heavy atom. The number of likely N-dealkylation sites (tertiary alicyclic amines) is 1. The molecule has 0 spiro atoms. The summed E-state index contributed by atoms with van der Waals surface area (Å²) in [5.41, 5.74) is 1.65. The highest BCUT2D eigenvalue weighted by Crippen LogP contribution is 2.40. The largest absolute Gasteiger partial charge is 0.872 e. The van der Waals surface area contributed by atoms with Crippen LogP contribution in [0.3, 0.4) is 0 Å². The molecule has 8 nitrogen and oxygen atoms in total. The van der Waals surface area contributed by atoms with Crippen molar-refractivity contribution in [2.24, 2.45) is 0 Å². The number of amides is 1. The van der Waals surface area contributed by atoms with Gasteiger partial charge in [0, 0.05) is 16.3 Å². The number of carbonyl (C=O) groups is 3. The van der Waals surface area contributed by atoms with Crippen LogP contribution in [0, 0.1) is 13.8 Å². The zero-order valence-corrected chi connectivity index (χ0v) is 20.8. The number of rotatable bonds is 8. The fourth-order valence-corrected chi connectivity index (χ4v) is 4.63. The zero-order chi connectivity index (χ0) is 25.2. The molecule has 1 aromatic heterocycles. The Kier molecular flexibility index (Phi) is 7.84. The van der Waals surface area contributed by atoms with Gasteiger partial charge in [-0.15, -0.1) is 0 Å². The Bertz CT molecular complexity index is 1130. The number of carbonyl (C=O) groups excluding carboxylic acids is 3. The number of methoxy groups -OCH3 is 1. The fourth-order valence-electron chi connectivity index (χ4n) is 4.51. The molecule has 3 rings (SSSR count). The summed E-state index contributed by atoms with van der Waals surface area (Å²) < 4.78 is 4.79. The van der Waals surface area contributed by atoms with Gasteiger partial charge in [0.2, 0.25) is 5.78 Å². The highest BCUT2D eigenvalue weighted by molar-refractivity contribution is 6.46. The maximum Gasteiger partial charge on any atom is 0.354 e. The molecule has 1 amide bonds. The minimum absolute atomic E-state index is 0.122. The molecule has 2 aromatic rings. The molecule has 1 aliphatic heterocycles. The van der Waals surface area contributed by atoms with E-state index in [4.69, 9.17) is 16.3 Å². The molecule has 182 valence electrons. The van der Waals surface area contributed by atoms with Gasteiger partial charge in [-0.05, 0) is 56.5 Å². The van der Waals surface area contributed by atoms with Crippen LogP contribution >= 0.6 is 11.6 Å². The number of nitrogens with zero attached hydrogens (tertiary/aromatic N) is 1. The summed E-state index contributed by atoms with van der Waals surface area (Å²) in [5.74, 6) is -2.71. The number of ether oxygens (including phenoxy) is 1. The second-order valence-electron chi connectivity index (χ2n) is 8.35. The van der Waals surface area contributed by atoms with Gasteiger partial charge in [-0.2, -0.15) is 0 Å². The van der Waals surface area contributed by atoms with Gasteiger partial charge in [0.05, 0.1) is 39.3 Å². The molecule has 0 bridgehead atoms. The van der Waals surface area contributed by atoms with Crippen LogP contribution in [-0.4, -0.2) is 60.8 Å². The van der Waals surface area contributed by atoms with Crippen LogP contribution in [0.25, 0.3) is 5.76 Å². The number of esters is 1. The average Bonchev–Trinajstić information content (AvgIpc) is 3.26. The van der Waals surface area contributed by atoms with Crippen molar-refractivity contribution in [1.82, 2.24) is 9.88 Å². The van der Waals surface area contributed by atoms with Crippen LogP contribution in [0.15, 0.2) is 29.8 Å². The molecule has 2 heterocycles.